The molecule has 1 aromatic heterocycles. The smallest absolute Gasteiger partial charge is 0.320 e. The Bertz CT molecular complexity index is 734. The maximum absolute atomic E-state index is 12.6. The van der Waals surface area contributed by atoms with Gasteiger partial charge in [-0.15, -0.1) is 11.3 Å². The number of benzene rings is 1. The zero-order valence-electron chi connectivity index (χ0n) is 10.2. The van der Waals surface area contributed by atoms with Gasteiger partial charge in [0.2, 0.25) is 0 Å². The number of alkyl halides is 3. The van der Waals surface area contributed by atoms with Gasteiger partial charge < -0.3 is 5.32 Å². The van der Waals surface area contributed by atoms with Crippen LogP contribution in [0.25, 0.3) is 0 Å². The van der Waals surface area contributed by atoms with Gasteiger partial charge in [0.25, 0.3) is 5.91 Å². The summed E-state index contributed by atoms with van der Waals surface area (Å²) in [6.07, 6.45) is -4.55. The molecule has 0 radical (unpaired) electrons. The molecule has 3 nitrogen and oxygen atoms in total. The van der Waals surface area contributed by atoms with Crippen molar-refractivity contribution in [1.82, 2.24) is 0 Å². The van der Waals surface area contributed by atoms with E-state index in [0.29, 0.717) is 15.3 Å². The van der Waals surface area contributed by atoms with E-state index in [2.05, 4.69) is 5.32 Å². The number of nitriles is 1. The zero-order chi connectivity index (χ0) is 15.6. The topological polar surface area (TPSA) is 52.9 Å². The minimum Gasteiger partial charge on any atom is -0.320 e. The Morgan fingerprint density at radius 2 is 2.00 bits per heavy atom. The first-order valence-corrected chi connectivity index (χ1v) is 6.69. The lowest BCUT2D eigenvalue weighted by atomic mass is 10.1. The van der Waals surface area contributed by atoms with E-state index in [0.717, 1.165) is 23.5 Å². The summed E-state index contributed by atoms with van der Waals surface area (Å²) in [6, 6.07) is 7.19. The maximum atomic E-state index is 12.6. The number of anilines is 1. The fourth-order valence-corrected chi connectivity index (χ4v) is 2.48. The molecule has 1 amide bonds. The fourth-order valence-electron chi connectivity index (χ4n) is 1.54. The van der Waals surface area contributed by atoms with Crippen LogP contribution in [0.4, 0.5) is 18.9 Å². The standard InChI is InChI=1S/C13H6ClF3N2OS/c14-11-4-3-10(21-11)12(20)19-9-2-1-8(13(15,16)17)5-7(9)6-18/h1-5H,(H,19,20). The second-order valence-corrected chi connectivity index (χ2v) is 5.64. The highest BCUT2D eigenvalue weighted by atomic mass is 35.5. The molecular weight excluding hydrogens is 325 g/mol. The average molecular weight is 331 g/mol. The Balaban J connectivity index is 2.29. The van der Waals surface area contributed by atoms with Gasteiger partial charge in [-0.05, 0) is 30.3 Å². The maximum Gasteiger partial charge on any atom is 0.416 e. The van der Waals surface area contributed by atoms with Gasteiger partial charge in [0.15, 0.2) is 0 Å². The van der Waals surface area contributed by atoms with Gasteiger partial charge in [-0.1, -0.05) is 11.6 Å². The van der Waals surface area contributed by atoms with Crippen molar-refractivity contribution in [2.75, 3.05) is 5.32 Å². The van der Waals surface area contributed by atoms with E-state index < -0.39 is 17.6 Å². The summed E-state index contributed by atoms with van der Waals surface area (Å²) in [5.74, 6) is -0.539. The molecule has 1 heterocycles. The fraction of sp³-hybridized carbons (Fsp3) is 0.0769. The van der Waals surface area contributed by atoms with Crippen LogP contribution in [0, 0.1) is 11.3 Å². The van der Waals surface area contributed by atoms with Crippen molar-refractivity contribution in [2.24, 2.45) is 0 Å². The first-order valence-electron chi connectivity index (χ1n) is 5.49. The van der Waals surface area contributed by atoms with Crippen LogP contribution < -0.4 is 5.32 Å². The number of rotatable bonds is 2. The number of nitrogens with one attached hydrogen (secondary N) is 1. The summed E-state index contributed by atoms with van der Waals surface area (Å²) in [5.41, 5.74) is -1.20. The second-order valence-electron chi connectivity index (χ2n) is 3.93. The minimum atomic E-state index is -4.55. The molecule has 2 aromatic rings. The first kappa shape index (κ1) is 15.4. The first-order chi connectivity index (χ1) is 9.81. The van der Waals surface area contributed by atoms with Crippen molar-refractivity contribution in [3.8, 4) is 6.07 Å². The highest BCUT2D eigenvalue weighted by Crippen LogP contribution is 2.32. The number of hydrogen-bond acceptors (Lipinski definition) is 3. The number of carbonyl (C=O) groups excluding carboxylic acids is 1. The van der Waals surface area contributed by atoms with Crippen LogP contribution in [0.5, 0.6) is 0 Å². The van der Waals surface area contributed by atoms with E-state index in [1.54, 1.807) is 6.07 Å². The molecule has 1 N–H and O–H groups in total. The van der Waals surface area contributed by atoms with Crippen molar-refractivity contribution in [3.63, 3.8) is 0 Å². The van der Waals surface area contributed by atoms with Crippen molar-refractivity contribution < 1.29 is 18.0 Å². The Morgan fingerprint density at radius 1 is 1.29 bits per heavy atom. The Kier molecular flexibility index (Phi) is 4.21. The number of amides is 1. The highest BCUT2D eigenvalue weighted by molar-refractivity contribution is 7.18. The van der Waals surface area contributed by atoms with Gasteiger partial charge in [0.05, 0.1) is 26.0 Å². The number of hydrogen-bond donors (Lipinski definition) is 1. The van der Waals surface area contributed by atoms with Crippen molar-refractivity contribution >= 4 is 34.5 Å². The third kappa shape index (κ3) is 3.54. The van der Waals surface area contributed by atoms with Crippen LogP contribution in [0.2, 0.25) is 4.34 Å². The quantitative estimate of drug-likeness (QED) is 0.878. The van der Waals surface area contributed by atoms with Crippen LogP contribution >= 0.6 is 22.9 Å². The number of nitrogens with zero attached hydrogens (tertiary/aromatic N) is 1. The molecule has 0 unspecified atom stereocenters. The van der Waals surface area contributed by atoms with E-state index in [9.17, 15) is 18.0 Å². The van der Waals surface area contributed by atoms with Gasteiger partial charge in [0.1, 0.15) is 6.07 Å². The van der Waals surface area contributed by atoms with E-state index in [1.165, 1.54) is 12.1 Å². The highest BCUT2D eigenvalue weighted by Gasteiger charge is 2.31. The molecule has 0 saturated heterocycles. The third-order valence-corrected chi connectivity index (χ3v) is 3.74. The SMILES string of the molecule is N#Cc1cc(C(F)(F)F)ccc1NC(=O)c1ccc(Cl)s1. The number of thiophene rings is 1. The van der Waals surface area contributed by atoms with E-state index in [4.69, 9.17) is 16.9 Å². The van der Waals surface area contributed by atoms with E-state index in [1.807, 2.05) is 0 Å². The third-order valence-electron chi connectivity index (χ3n) is 2.51. The molecular formula is C13H6ClF3N2OS. The average Bonchev–Trinajstić information content (AvgIpc) is 2.84. The van der Waals surface area contributed by atoms with Crippen LogP contribution in [0.15, 0.2) is 30.3 Å². The molecule has 0 spiro atoms. The lowest BCUT2D eigenvalue weighted by Gasteiger charge is -2.10. The summed E-state index contributed by atoms with van der Waals surface area (Å²) >= 11 is 6.72. The zero-order valence-corrected chi connectivity index (χ0v) is 11.7. The van der Waals surface area contributed by atoms with Crippen molar-refractivity contribution in [2.45, 2.75) is 6.18 Å². The molecule has 0 aliphatic heterocycles. The van der Waals surface area contributed by atoms with Crippen LogP contribution in [0.3, 0.4) is 0 Å². The van der Waals surface area contributed by atoms with Gasteiger partial charge in [-0.2, -0.15) is 18.4 Å². The van der Waals surface area contributed by atoms with Crippen LogP contribution in [-0.4, -0.2) is 5.91 Å². The van der Waals surface area contributed by atoms with E-state index >= 15 is 0 Å². The summed E-state index contributed by atoms with van der Waals surface area (Å²) in [6.45, 7) is 0. The molecule has 0 bridgehead atoms. The molecule has 0 saturated carbocycles. The predicted octanol–water partition coefficient (Wildman–Crippen LogP) is 4.54. The lowest BCUT2D eigenvalue weighted by molar-refractivity contribution is -0.137. The summed E-state index contributed by atoms with van der Waals surface area (Å²) < 4.78 is 38.1. The van der Waals surface area contributed by atoms with Crippen LogP contribution in [0.1, 0.15) is 20.8 Å². The molecule has 0 fully saturated rings. The van der Waals surface area contributed by atoms with Gasteiger partial charge >= 0.3 is 6.18 Å². The molecule has 0 aliphatic carbocycles. The van der Waals surface area contributed by atoms with Gasteiger partial charge in [-0.25, -0.2) is 0 Å². The Hall–Kier alpha value is -2.04. The Labute approximate surface area is 126 Å². The summed E-state index contributed by atoms with van der Waals surface area (Å²) in [7, 11) is 0. The van der Waals surface area contributed by atoms with Gasteiger partial charge in [0, 0.05) is 0 Å². The summed E-state index contributed by atoms with van der Waals surface area (Å²) in [4.78, 5) is 12.2. The number of halogens is 4. The minimum absolute atomic E-state index is 0.0139. The van der Waals surface area contributed by atoms with Gasteiger partial charge in [-0.3, -0.25) is 4.79 Å². The van der Waals surface area contributed by atoms with Crippen molar-refractivity contribution in [1.29, 1.82) is 5.26 Å². The largest absolute Gasteiger partial charge is 0.416 e. The molecule has 0 aliphatic rings. The summed E-state index contributed by atoms with van der Waals surface area (Å²) in [5, 5.41) is 11.3. The monoisotopic (exact) mass is 330 g/mol. The van der Waals surface area contributed by atoms with Crippen LogP contribution in [-0.2, 0) is 6.18 Å². The molecule has 0 atom stereocenters. The Morgan fingerprint density at radius 3 is 2.52 bits per heavy atom. The predicted molar refractivity (Wildman–Crippen MR) is 73.4 cm³/mol. The second kappa shape index (κ2) is 5.76. The molecule has 8 heteroatoms. The van der Waals surface area contributed by atoms with Crippen molar-refractivity contribution in [3.05, 3.63) is 50.7 Å². The lowest BCUT2D eigenvalue weighted by Crippen LogP contribution is -2.12. The normalized spacial score (nSPS) is 11.0. The molecule has 108 valence electrons. The molecule has 2 rings (SSSR count). The molecule has 21 heavy (non-hydrogen) atoms. The van der Waals surface area contributed by atoms with E-state index in [-0.39, 0.29) is 11.3 Å². The molecule has 1 aromatic carbocycles. The number of carbonyl (C=O) groups is 1.